The van der Waals surface area contributed by atoms with E-state index >= 15 is 0 Å². The molecule has 8 heterocycles. The van der Waals surface area contributed by atoms with E-state index in [-0.39, 0.29) is 163 Å². The quantitative estimate of drug-likeness (QED) is 0.0277. The molecule has 10 amide bonds. The van der Waals surface area contributed by atoms with Gasteiger partial charge in [-0.25, -0.2) is 4.79 Å². The molecule has 2 unspecified atom stereocenters. The van der Waals surface area contributed by atoms with Crippen LogP contribution >= 0.6 is 0 Å². The number of methoxy groups -OCH3 is 4. The molecule has 4 fully saturated rings. The summed E-state index contributed by atoms with van der Waals surface area (Å²) in [5.41, 5.74) is 5.17. The summed E-state index contributed by atoms with van der Waals surface area (Å²) in [6.45, 7) is 9.64. The number of hydrogen-bond donors (Lipinski definition) is 5. The number of imide groups is 3. The molecule has 4 saturated heterocycles. The molecule has 10 rings (SSSR count). The van der Waals surface area contributed by atoms with Crippen molar-refractivity contribution in [2.45, 2.75) is 90.1 Å². The lowest BCUT2D eigenvalue weighted by Gasteiger charge is -2.39. The number of carbonyl (C=O) groups excluding carboxylic acids is 10. The van der Waals surface area contributed by atoms with Crippen LogP contribution in [-0.4, -0.2) is 302 Å². The molecule has 4 aromatic heterocycles. The lowest BCUT2D eigenvalue weighted by Crippen LogP contribution is -2.60. The van der Waals surface area contributed by atoms with Crippen molar-refractivity contribution in [3.63, 3.8) is 0 Å². The van der Waals surface area contributed by atoms with E-state index in [1.165, 1.54) is 19.3 Å². The molecule has 0 saturated carbocycles. The summed E-state index contributed by atoms with van der Waals surface area (Å²) in [5, 5.41) is 24.8. The number of pyridine rings is 2. The van der Waals surface area contributed by atoms with Gasteiger partial charge in [-0.1, -0.05) is 0 Å². The van der Waals surface area contributed by atoms with Gasteiger partial charge in [-0.3, -0.25) is 92.4 Å². The Hall–Kier alpha value is -11.2. The highest BCUT2D eigenvalue weighted by Gasteiger charge is 2.40. The Balaban J connectivity index is 0.000000233. The number of rotatable bonds is 34. The van der Waals surface area contributed by atoms with Gasteiger partial charge in [0.2, 0.25) is 53.2 Å². The number of benzene rings is 2. The SMILES string of the molecule is CC(C)(C)OC(=O)NCCOCCOCCC(=O)N1CCN(C2CCC(=O)NC2=O)CC1=O.COc1cc(-c2cn(C)c(=O)c3c2ccn3C)cc(OC)c1CN(C)CC(=O)NCCOCCOCCC(=O)N1CCN(C2CCC(=O)NC2=O)C(=O)C1.COc1cc(-c2cn(C)c(=O)c3c2cnn3C)cc(OC)c1CN(C)CC(=O)O. The molecule has 5 N–H and O–H groups in total. The first kappa shape index (κ1) is 90.4. The largest absolute Gasteiger partial charge is 0.496 e. The highest BCUT2D eigenvalue weighted by Crippen LogP contribution is 2.40. The number of aryl methyl sites for hydroxylation is 4. The molecule has 4 aliphatic heterocycles. The molecule has 0 radical (unpaired) electrons. The zero-order valence-corrected chi connectivity index (χ0v) is 68.1. The van der Waals surface area contributed by atoms with Crippen molar-refractivity contribution in [3.05, 3.63) is 87.0 Å². The summed E-state index contributed by atoms with van der Waals surface area (Å²) in [6, 6.07) is 8.25. The maximum Gasteiger partial charge on any atom is 0.407 e. The van der Waals surface area contributed by atoms with Crippen LogP contribution in [-0.2, 0) is 113 Å². The van der Waals surface area contributed by atoms with E-state index in [9.17, 15) is 62.3 Å². The van der Waals surface area contributed by atoms with Gasteiger partial charge in [-0.2, -0.15) is 5.10 Å². The Morgan fingerprint density at radius 2 is 1.06 bits per heavy atom. The van der Waals surface area contributed by atoms with E-state index in [2.05, 4.69) is 26.4 Å². The lowest BCUT2D eigenvalue weighted by atomic mass is 10.00. The van der Waals surface area contributed by atoms with Gasteiger partial charge in [0, 0.05) is 134 Å². The second-order valence-corrected chi connectivity index (χ2v) is 29.1. The Bertz CT molecular complexity index is 4630. The number of carboxylic acids is 1. The first-order chi connectivity index (χ1) is 55.2. The van der Waals surface area contributed by atoms with Gasteiger partial charge in [0.15, 0.2) is 0 Å². The predicted octanol–water partition coefficient (Wildman–Crippen LogP) is 0.891. The van der Waals surface area contributed by atoms with E-state index < -0.39 is 41.6 Å². The maximum absolute atomic E-state index is 12.8. The number of alkyl carbamates (subject to hydrolysis) is 1. The lowest BCUT2D eigenvalue weighted by molar-refractivity contribution is -0.153. The molecule has 4 aliphatic rings. The first-order valence-electron chi connectivity index (χ1n) is 37.9. The van der Waals surface area contributed by atoms with E-state index in [1.54, 1.807) is 115 Å². The van der Waals surface area contributed by atoms with Gasteiger partial charge in [-0.05, 0) is 89.2 Å². The van der Waals surface area contributed by atoms with Crippen LogP contribution in [0.15, 0.2) is 64.7 Å². The molecule has 6 aromatic rings. The molecular weight excluding hydrogens is 1510 g/mol. The summed E-state index contributed by atoms with van der Waals surface area (Å²) in [4.78, 5) is 166. The van der Waals surface area contributed by atoms with Crippen molar-refractivity contribution < 1.29 is 100 Å². The Kier molecular flexibility index (Phi) is 33.1. The molecular formula is C78H107N15O23. The summed E-state index contributed by atoms with van der Waals surface area (Å²) >= 11 is 0. The zero-order chi connectivity index (χ0) is 84.7. The number of carboxylic acid groups (broad SMARTS) is 1. The second-order valence-electron chi connectivity index (χ2n) is 29.1. The molecule has 0 bridgehead atoms. The predicted molar refractivity (Wildman–Crippen MR) is 420 cm³/mol. The number of piperidine rings is 2. The number of fused-ring (bicyclic) bond motifs is 2. The third-order valence-electron chi connectivity index (χ3n) is 19.3. The third kappa shape index (κ3) is 24.7. The maximum atomic E-state index is 12.8. The standard InChI is InChI=1S/C37H49N7O10.C21H34N4O8.C20H24N4O5/c1-40(20-27-29(51-4)18-24(19-30(27)52-5)26-21-42(3)37(50)35-25(26)8-11-41(35)2)22-32(46)38-10-15-54-17-16-53-14-9-33(47)43-12-13-44(34(48)23-43)28-6-7-31(45)39-36(28)49;1-21(2,3)33-20(30)22-7-11-32-13-12-31-10-6-17(27)25-9-8-24(14-18(25)28)15-4-5-16(26)23-19(15)29;1-22(11-18(25)26)9-15-16(28-4)6-12(7-17(15)29-5)14-10-23(2)20(27)19-13(14)8-21-24(19)3/h8,11,18-19,21,28H,6-7,9-10,12-17,20,22-23H2,1-5H3,(H,38,46)(H,39,45,49);15H,4-14H2,1-3H3,(H,22,30)(H,23,26,29);6-8,10H,9,11H2,1-5H3,(H,25,26). The number of ether oxygens (including phenoxy) is 9. The second kappa shape index (κ2) is 42.5. The molecule has 38 heteroatoms. The molecule has 38 nitrogen and oxygen atoms in total. The van der Waals surface area contributed by atoms with Crippen LogP contribution in [0.2, 0.25) is 0 Å². The number of nitrogens with one attached hydrogen (secondary N) is 4. The average molecular weight is 1620 g/mol. The van der Waals surface area contributed by atoms with Crippen LogP contribution in [0.5, 0.6) is 23.0 Å². The van der Waals surface area contributed by atoms with Crippen molar-refractivity contribution in [1.29, 1.82) is 0 Å². The van der Waals surface area contributed by atoms with Crippen LogP contribution in [0.1, 0.15) is 70.4 Å². The summed E-state index contributed by atoms with van der Waals surface area (Å²) in [7, 11) is 16.8. The molecule has 0 spiro atoms. The average Bonchev–Trinajstić information content (AvgIpc) is 1.56. The minimum Gasteiger partial charge on any atom is -0.496 e. The minimum atomic E-state index is -0.911. The molecule has 116 heavy (non-hydrogen) atoms. The van der Waals surface area contributed by atoms with E-state index in [1.807, 2.05) is 60.1 Å². The Labute approximate surface area is 670 Å². The third-order valence-corrected chi connectivity index (χ3v) is 19.3. The van der Waals surface area contributed by atoms with Gasteiger partial charge < -0.3 is 81.9 Å². The summed E-state index contributed by atoms with van der Waals surface area (Å²) in [5.74, 6) is -1.52. The van der Waals surface area contributed by atoms with Crippen molar-refractivity contribution in [1.82, 2.24) is 74.1 Å². The van der Waals surface area contributed by atoms with Gasteiger partial charge in [-0.15, -0.1) is 0 Å². The highest BCUT2D eigenvalue weighted by molar-refractivity contribution is 6.03. The number of aliphatic carboxylic acids is 1. The number of aromatic nitrogens is 5. The normalized spacial score (nSPS) is 16.0. The topological polar surface area (TPSA) is 425 Å². The van der Waals surface area contributed by atoms with Gasteiger partial charge >= 0.3 is 12.1 Å². The van der Waals surface area contributed by atoms with Crippen LogP contribution in [0.4, 0.5) is 4.79 Å². The minimum absolute atomic E-state index is 0.0377. The van der Waals surface area contributed by atoms with Crippen LogP contribution < -0.4 is 51.3 Å². The van der Waals surface area contributed by atoms with Crippen molar-refractivity contribution in [2.24, 2.45) is 28.2 Å². The fourth-order valence-corrected chi connectivity index (χ4v) is 13.6. The summed E-state index contributed by atoms with van der Waals surface area (Å²) in [6.07, 6.45) is 7.83. The smallest absolute Gasteiger partial charge is 0.407 e. The molecule has 2 aromatic carbocycles. The van der Waals surface area contributed by atoms with Gasteiger partial charge in [0.1, 0.15) is 45.7 Å². The fraction of sp³-hybridized carbons (Fsp3) is 0.538. The number of hydrogen-bond acceptors (Lipinski definition) is 26. The monoisotopic (exact) mass is 1620 g/mol. The Morgan fingerprint density at radius 1 is 0.569 bits per heavy atom. The van der Waals surface area contributed by atoms with Gasteiger partial charge in [0.25, 0.3) is 11.1 Å². The van der Waals surface area contributed by atoms with Crippen LogP contribution in [0.3, 0.4) is 0 Å². The number of amides is 10. The van der Waals surface area contributed by atoms with E-state index in [0.717, 1.165) is 44.2 Å². The number of carbonyl (C=O) groups is 11. The summed E-state index contributed by atoms with van der Waals surface area (Å²) < 4.78 is 56.0. The Morgan fingerprint density at radius 3 is 1.56 bits per heavy atom. The van der Waals surface area contributed by atoms with E-state index in [0.29, 0.717) is 92.9 Å². The molecule has 632 valence electrons. The zero-order valence-electron chi connectivity index (χ0n) is 68.1. The fourth-order valence-electron chi connectivity index (χ4n) is 13.6. The molecule has 0 aliphatic carbocycles. The van der Waals surface area contributed by atoms with Crippen LogP contribution in [0.25, 0.3) is 44.1 Å². The number of nitrogens with zero attached hydrogens (tertiary/aromatic N) is 11. The number of piperazine rings is 2. The van der Waals surface area contributed by atoms with Crippen LogP contribution in [0, 0.1) is 0 Å². The first-order valence-corrected chi connectivity index (χ1v) is 37.9. The molecule has 2 atom stereocenters. The van der Waals surface area contributed by atoms with Crippen molar-refractivity contribution in [2.75, 3.05) is 161 Å². The highest BCUT2D eigenvalue weighted by atomic mass is 16.6. The van der Waals surface area contributed by atoms with Crippen molar-refractivity contribution >= 4 is 87.0 Å². The van der Waals surface area contributed by atoms with Gasteiger partial charge in [0.05, 0.1) is 144 Å². The van der Waals surface area contributed by atoms with E-state index in [4.69, 9.17) is 47.7 Å². The van der Waals surface area contributed by atoms with Crippen molar-refractivity contribution in [3.8, 4) is 45.3 Å². The number of likely N-dealkylation sites (N-methyl/N-ethyl adjacent to an activating group) is 2.